The summed E-state index contributed by atoms with van der Waals surface area (Å²) in [5.74, 6) is 2.06. The second-order valence-electron chi connectivity index (χ2n) is 7.11. The minimum Gasteiger partial charge on any atom is -0.322 e. The van der Waals surface area contributed by atoms with Crippen molar-refractivity contribution in [1.29, 1.82) is 0 Å². The number of aryl methyl sites for hydroxylation is 1. The molecule has 7 nitrogen and oxygen atoms in total. The highest BCUT2D eigenvalue weighted by Crippen LogP contribution is 2.21. The van der Waals surface area contributed by atoms with E-state index < -0.39 is 10.0 Å². The van der Waals surface area contributed by atoms with Crippen LogP contribution in [0.2, 0.25) is 0 Å². The Morgan fingerprint density at radius 3 is 2.43 bits per heavy atom. The van der Waals surface area contributed by atoms with Crippen LogP contribution in [0.4, 0.5) is 5.69 Å². The fourth-order valence-corrected chi connectivity index (χ4v) is 5.15. The highest BCUT2D eigenvalue weighted by Gasteiger charge is 2.21. The zero-order valence-electron chi connectivity index (χ0n) is 17.4. The van der Waals surface area contributed by atoms with Crippen molar-refractivity contribution in [1.82, 2.24) is 9.37 Å². The Kier molecular flexibility index (Phi) is 7.54. The summed E-state index contributed by atoms with van der Waals surface area (Å²) in [6.07, 6.45) is 0. The molecule has 0 aromatic heterocycles. The van der Waals surface area contributed by atoms with Gasteiger partial charge in [-0.25, -0.2) is 8.42 Å². The Bertz CT molecular complexity index is 988. The average Bonchev–Trinajstić information content (AvgIpc) is 2.75. The first-order chi connectivity index (χ1) is 14.3. The van der Waals surface area contributed by atoms with Crippen LogP contribution in [0, 0.1) is 6.92 Å². The molecule has 0 radical (unpaired) electrons. The molecule has 1 aliphatic heterocycles. The van der Waals surface area contributed by atoms with Crippen LogP contribution in [0.25, 0.3) is 0 Å². The number of nitrogens with zero attached hydrogens (tertiary/aromatic N) is 2. The Morgan fingerprint density at radius 1 is 1.17 bits per heavy atom. The number of carbonyl (C=O) groups excluding carboxylic acids is 1. The molecule has 0 atom stereocenters. The van der Waals surface area contributed by atoms with Gasteiger partial charge in [0.05, 0.1) is 12.0 Å². The van der Waals surface area contributed by atoms with Crippen molar-refractivity contribution in [3.8, 4) is 0 Å². The number of carbonyl (C=O) groups is 1. The molecule has 0 bridgehead atoms. The van der Waals surface area contributed by atoms with Crippen molar-refractivity contribution in [2.75, 3.05) is 44.1 Å². The minimum absolute atomic E-state index is 0.0556. The number of hydroxylamine groups is 1. The summed E-state index contributed by atoms with van der Waals surface area (Å²) in [5.41, 5.74) is 3.35. The zero-order chi connectivity index (χ0) is 21.7. The highest BCUT2D eigenvalue weighted by molar-refractivity contribution is 7.99. The number of amides is 1. The maximum atomic E-state index is 12.6. The molecule has 162 valence electrons. The molecule has 0 spiro atoms. The Hall–Kier alpha value is -1.91. The van der Waals surface area contributed by atoms with Gasteiger partial charge in [-0.2, -0.15) is 11.8 Å². The highest BCUT2D eigenvalue weighted by atomic mass is 32.2. The molecule has 1 aliphatic rings. The smallest absolute Gasteiger partial charge is 0.264 e. The minimum atomic E-state index is -3.74. The summed E-state index contributed by atoms with van der Waals surface area (Å²) < 4.78 is 25.3. The van der Waals surface area contributed by atoms with Gasteiger partial charge in [0, 0.05) is 49.4 Å². The first-order valence-electron chi connectivity index (χ1n) is 9.65. The molecule has 0 saturated carbocycles. The molecular weight excluding hydrogens is 422 g/mol. The standard InChI is InChI=1S/C21H27N3O4S2/c1-16-14-17(15-24-10-12-29-13-11-24)4-9-20(16)22-21(25)18-5-7-19(8-6-18)30(26,27)23(2)28-3/h4-9,14H,10-13,15H2,1-3H3,(H,22,25). The van der Waals surface area contributed by atoms with Crippen LogP contribution in [0.5, 0.6) is 0 Å². The van der Waals surface area contributed by atoms with Gasteiger partial charge in [0.25, 0.3) is 15.9 Å². The van der Waals surface area contributed by atoms with Crippen LogP contribution in [0.3, 0.4) is 0 Å². The molecule has 1 saturated heterocycles. The molecule has 0 unspecified atom stereocenters. The first kappa shape index (κ1) is 22.8. The predicted molar refractivity (Wildman–Crippen MR) is 120 cm³/mol. The van der Waals surface area contributed by atoms with Crippen LogP contribution in [0.1, 0.15) is 21.5 Å². The number of anilines is 1. The Morgan fingerprint density at radius 2 is 1.83 bits per heavy atom. The molecule has 1 heterocycles. The molecule has 30 heavy (non-hydrogen) atoms. The SMILES string of the molecule is CON(C)S(=O)(=O)c1ccc(C(=O)Nc2ccc(CN3CCSCC3)cc2C)cc1. The summed E-state index contributed by atoms with van der Waals surface area (Å²) in [6, 6.07) is 11.8. The maximum Gasteiger partial charge on any atom is 0.264 e. The van der Waals surface area contributed by atoms with Gasteiger partial charge in [-0.1, -0.05) is 16.6 Å². The number of thioether (sulfide) groups is 1. The van der Waals surface area contributed by atoms with E-state index in [9.17, 15) is 13.2 Å². The number of rotatable bonds is 7. The largest absolute Gasteiger partial charge is 0.322 e. The van der Waals surface area contributed by atoms with Crippen LogP contribution in [0.15, 0.2) is 47.4 Å². The number of benzene rings is 2. The van der Waals surface area contributed by atoms with E-state index in [0.717, 1.165) is 35.4 Å². The topological polar surface area (TPSA) is 78.9 Å². The third kappa shape index (κ3) is 5.41. The molecule has 9 heteroatoms. The van der Waals surface area contributed by atoms with E-state index in [1.165, 1.54) is 55.5 Å². The van der Waals surface area contributed by atoms with E-state index in [4.69, 9.17) is 4.84 Å². The monoisotopic (exact) mass is 449 g/mol. The van der Waals surface area contributed by atoms with Gasteiger partial charge in [-0.05, 0) is 48.4 Å². The molecule has 0 aliphatic carbocycles. The van der Waals surface area contributed by atoms with E-state index in [-0.39, 0.29) is 10.8 Å². The number of nitrogens with one attached hydrogen (secondary N) is 1. The summed E-state index contributed by atoms with van der Waals surface area (Å²) in [5, 5.41) is 2.91. The van der Waals surface area contributed by atoms with Crippen molar-refractivity contribution in [3.05, 3.63) is 59.2 Å². The summed E-state index contributed by atoms with van der Waals surface area (Å²) in [7, 11) is -1.15. The van der Waals surface area contributed by atoms with Crippen molar-refractivity contribution in [3.63, 3.8) is 0 Å². The summed E-state index contributed by atoms with van der Waals surface area (Å²) in [4.78, 5) is 19.9. The molecule has 1 N–H and O–H groups in total. The van der Waals surface area contributed by atoms with Crippen LogP contribution in [-0.4, -0.2) is 62.4 Å². The van der Waals surface area contributed by atoms with Gasteiger partial charge >= 0.3 is 0 Å². The third-order valence-corrected chi connectivity index (χ3v) is 7.70. The average molecular weight is 450 g/mol. The van der Waals surface area contributed by atoms with E-state index in [2.05, 4.69) is 16.3 Å². The predicted octanol–water partition coefficient (Wildman–Crippen LogP) is 2.98. The molecular formula is C21H27N3O4S2. The lowest BCUT2D eigenvalue weighted by Crippen LogP contribution is -2.31. The van der Waals surface area contributed by atoms with Crippen LogP contribution in [-0.2, 0) is 21.4 Å². The number of hydrogen-bond donors (Lipinski definition) is 1. The molecule has 1 amide bonds. The fraction of sp³-hybridized carbons (Fsp3) is 0.381. The first-order valence-corrected chi connectivity index (χ1v) is 12.2. The van der Waals surface area contributed by atoms with Gasteiger partial charge in [0.2, 0.25) is 0 Å². The van der Waals surface area contributed by atoms with Gasteiger partial charge in [-0.15, -0.1) is 0 Å². The molecule has 1 fully saturated rings. The second kappa shape index (κ2) is 9.93. The maximum absolute atomic E-state index is 12.6. The molecule has 2 aromatic carbocycles. The third-order valence-electron chi connectivity index (χ3n) is 5.06. The van der Waals surface area contributed by atoms with Crippen molar-refractivity contribution >= 4 is 33.4 Å². The summed E-state index contributed by atoms with van der Waals surface area (Å²) >= 11 is 1.99. The van der Waals surface area contributed by atoms with Crippen molar-refractivity contribution in [2.45, 2.75) is 18.4 Å². The van der Waals surface area contributed by atoms with E-state index in [0.29, 0.717) is 5.56 Å². The van der Waals surface area contributed by atoms with Gasteiger partial charge in [0.15, 0.2) is 0 Å². The van der Waals surface area contributed by atoms with Crippen molar-refractivity contribution < 1.29 is 18.0 Å². The second-order valence-corrected chi connectivity index (χ2v) is 10.3. The van der Waals surface area contributed by atoms with E-state index in [1.54, 1.807) is 0 Å². The van der Waals surface area contributed by atoms with Gasteiger partial charge in [-0.3, -0.25) is 14.5 Å². The van der Waals surface area contributed by atoms with Crippen LogP contribution < -0.4 is 5.32 Å². The number of hydrogen-bond acceptors (Lipinski definition) is 6. The Balaban J connectivity index is 1.66. The normalized spacial score (nSPS) is 15.3. The summed E-state index contributed by atoms with van der Waals surface area (Å²) in [6.45, 7) is 5.10. The van der Waals surface area contributed by atoms with Gasteiger partial charge < -0.3 is 5.32 Å². The van der Waals surface area contributed by atoms with E-state index >= 15 is 0 Å². The fourth-order valence-electron chi connectivity index (χ4n) is 3.20. The van der Waals surface area contributed by atoms with Crippen molar-refractivity contribution in [2.24, 2.45) is 0 Å². The molecule has 2 aromatic rings. The van der Waals surface area contributed by atoms with E-state index in [1.807, 2.05) is 30.8 Å². The quantitative estimate of drug-likeness (QED) is 0.655. The zero-order valence-corrected chi connectivity index (χ0v) is 19.1. The number of sulfonamides is 1. The van der Waals surface area contributed by atoms with Crippen LogP contribution >= 0.6 is 11.8 Å². The molecule has 3 rings (SSSR count). The Labute approximate surface area is 182 Å². The lowest BCUT2D eigenvalue weighted by molar-refractivity contribution is -0.0258. The van der Waals surface area contributed by atoms with Gasteiger partial charge in [0.1, 0.15) is 0 Å². The lowest BCUT2D eigenvalue weighted by Gasteiger charge is -2.26. The lowest BCUT2D eigenvalue weighted by atomic mass is 10.1.